The van der Waals surface area contributed by atoms with E-state index >= 15 is 0 Å². The first-order chi connectivity index (χ1) is 10.7. The fourth-order valence-corrected chi connectivity index (χ4v) is 4.21. The van der Waals surface area contributed by atoms with E-state index < -0.39 is 11.2 Å². The van der Waals surface area contributed by atoms with Gasteiger partial charge in [-0.15, -0.1) is 0 Å². The molecule has 3 rings (SSSR count). The number of carbonyl (C=O) groups excluding carboxylic acids is 1. The summed E-state index contributed by atoms with van der Waals surface area (Å²) in [5.41, 5.74) is -0.424. The molecule has 1 amide bonds. The molecular formula is C18H24BrNO3. The van der Waals surface area contributed by atoms with Crippen LogP contribution in [0.25, 0.3) is 0 Å². The van der Waals surface area contributed by atoms with Gasteiger partial charge in [0.2, 0.25) is 0 Å². The molecule has 1 N–H and O–H groups in total. The smallest absolute Gasteiger partial charge is 0.410 e. The number of hydrogen-bond acceptors (Lipinski definition) is 3. The quantitative estimate of drug-likeness (QED) is 0.797. The molecule has 1 aliphatic heterocycles. The van der Waals surface area contributed by atoms with Crippen LogP contribution >= 0.6 is 15.9 Å². The average molecular weight is 382 g/mol. The molecule has 1 aliphatic carbocycles. The normalized spacial score (nSPS) is 30.4. The average Bonchev–Trinajstić information content (AvgIpc) is 2.82. The Morgan fingerprint density at radius 2 is 2.17 bits per heavy atom. The number of halogens is 1. The number of rotatable bonds is 1. The van der Waals surface area contributed by atoms with Crippen molar-refractivity contribution in [1.82, 2.24) is 4.90 Å². The number of likely N-dealkylation sites (tertiary alicyclic amines) is 1. The third kappa shape index (κ3) is 3.26. The predicted molar refractivity (Wildman–Crippen MR) is 92.1 cm³/mol. The molecule has 1 aromatic rings. The third-order valence-corrected chi connectivity index (χ3v) is 5.39. The molecule has 0 spiro atoms. The lowest BCUT2D eigenvalue weighted by Gasteiger charge is -2.37. The zero-order valence-corrected chi connectivity index (χ0v) is 15.5. The maximum Gasteiger partial charge on any atom is 0.410 e. The molecule has 2 fully saturated rings. The van der Waals surface area contributed by atoms with Gasteiger partial charge in [-0.25, -0.2) is 4.79 Å². The highest BCUT2D eigenvalue weighted by atomic mass is 79.9. The highest BCUT2D eigenvalue weighted by molar-refractivity contribution is 9.10. The summed E-state index contributed by atoms with van der Waals surface area (Å²) in [6.07, 6.45) is 2.06. The summed E-state index contributed by atoms with van der Waals surface area (Å²) in [5, 5.41) is 11.3. The number of benzene rings is 1. The van der Waals surface area contributed by atoms with Crippen LogP contribution in [0, 0.1) is 5.92 Å². The summed E-state index contributed by atoms with van der Waals surface area (Å²) in [6, 6.07) is 8.05. The minimum absolute atomic E-state index is 0.0584. The topological polar surface area (TPSA) is 49.8 Å². The minimum Gasteiger partial charge on any atom is -0.444 e. The molecule has 4 nitrogen and oxygen atoms in total. The van der Waals surface area contributed by atoms with Crippen LogP contribution in [0.4, 0.5) is 4.79 Å². The summed E-state index contributed by atoms with van der Waals surface area (Å²) in [6.45, 7) is 6.20. The molecule has 1 heterocycles. The van der Waals surface area contributed by atoms with Gasteiger partial charge in [0.1, 0.15) is 5.60 Å². The maximum absolute atomic E-state index is 12.4. The van der Waals surface area contributed by atoms with Crippen LogP contribution in [0.15, 0.2) is 28.7 Å². The summed E-state index contributed by atoms with van der Waals surface area (Å²) >= 11 is 3.48. The molecule has 0 aromatic heterocycles. The molecule has 0 radical (unpaired) electrons. The van der Waals surface area contributed by atoms with E-state index in [2.05, 4.69) is 15.9 Å². The standard InChI is InChI=1S/C18H24BrNO3/c1-17(2,3)23-16(21)20-11-13-10-15(20)7-8-18(13,22)12-5-4-6-14(19)9-12/h4-6,9,13,15,22H,7-8,10-11H2,1-3H3. The van der Waals surface area contributed by atoms with Crippen LogP contribution in [0.1, 0.15) is 45.6 Å². The Balaban J connectivity index is 1.80. The molecule has 126 valence electrons. The number of ether oxygens (including phenoxy) is 1. The summed E-state index contributed by atoms with van der Waals surface area (Å²) in [7, 11) is 0. The van der Waals surface area contributed by atoms with E-state index in [-0.39, 0.29) is 18.1 Å². The van der Waals surface area contributed by atoms with Crippen molar-refractivity contribution in [2.75, 3.05) is 6.54 Å². The Labute approximate surface area is 145 Å². The lowest BCUT2D eigenvalue weighted by Crippen LogP contribution is -2.39. The summed E-state index contributed by atoms with van der Waals surface area (Å²) < 4.78 is 6.49. The Morgan fingerprint density at radius 3 is 2.83 bits per heavy atom. The van der Waals surface area contributed by atoms with E-state index in [1.807, 2.05) is 49.9 Å². The zero-order chi connectivity index (χ0) is 16.8. The Bertz CT molecular complexity index is 613. The molecule has 1 saturated carbocycles. The second-order valence-corrected chi connectivity index (χ2v) is 8.61. The minimum atomic E-state index is -0.864. The molecule has 23 heavy (non-hydrogen) atoms. The number of fused-ring (bicyclic) bond motifs is 2. The molecule has 2 aliphatic rings. The molecule has 3 atom stereocenters. The largest absolute Gasteiger partial charge is 0.444 e. The number of hydrogen-bond donors (Lipinski definition) is 1. The first-order valence-corrected chi connectivity index (χ1v) is 8.96. The van der Waals surface area contributed by atoms with Crippen molar-refractivity contribution in [1.29, 1.82) is 0 Å². The number of aliphatic hydroxyl groups is 1. The number of carbonyl (C=O) groups is 1. The van der Waals surface area contributed by atoms with Crippen LogP contribution in [0.5, 0.6) is 0 Å². The first-order valence-electron chi connectivity index (χ1n) is 8.17. The fourth-order valence-electron chi connectivity index (χ4n) is 3.81. The summed E-state index contributed by atoms with van der Waals surface area (Å²) in [4.78, 5) is 14.2. The van der Waals surface area contributed by atoms with Gasteiger partial charge < -0.3 is 14.7 Å². The Kier molecular flexibility index (Phi) is 4.21. The SMILES string of the molecule is CC(C)(C)OC(=O)N1CC2CC1CCC2(O)c1cccc(Br)c1. The second-order valence-electron chi connectivity index (χ2n) is 7.69. The van der Waals surface area contributed by atoms with E-state index in [0.29, 0.717) is 13.0 Å². The molecule has 3 unspecified atom stereocenters. The van der Waals surface area contributed by atoms with Gasteiger partial charge in [-0.3, -0.25) is 0 Å². The fraction of sp³-hybridized carbons (Fsp3) is 0.611. The van der Waals surface area contributed by atoms with Gasteiger partial charge in [0, 0.05) is 23.0 Å². The molecule has 2 bridgehead atoms. The van der Waals surface area contributed by atoms with E-state index in [0.717, 1.165) is 22.9 Å². The predicted octanol–water partition coefficient (Wildman–Crippen LogP) is 4.06. The van der Waals surface area contributed by atoms with Crippen molar-refractivity contribution in [2.24, 2.45) is 5.92 Å². The van der Waals surface area contributed by atoms with Gasteiger partial charge in [0.05, 0.1) is 5.60 Å². The van der Waals surface area contributed by atoms with Gasteiger partial charge in [0.25, 0.3) is 0 Å². The summed E-state index contributed by atoms with van der Waals surface area (Å²) in [5.74, 6) is 0.0584. The van der Waals surface area contributed by atoms with Crippen LogP contribution in [0.3, 0.4) is 0 Å². The zero-order valence-electron chi connectivity index (χ0n) is 13.9. The van der Waals surface area contributed by atoms with Crippen LogP contribution < -0.4 is 0 Å². The maximum atomic E-state index is 12.4. The Morgan fingerprint density at radius 1 is 1.43 bits per heavy atom. The number of amides is 1. The van der Waals surface area contributed by atoms with E-state index in [1.54, 1.807) is 0 Å². The van der Waals surface area contributed by atoms with Crippen LogP contribution in [0.2, 0.25) is 0 Å². The molecular weight excluding hydrogens is 358 g/mol. The van der Waals surface area contributed by atoms with Gasteiger partial charge in [-0.05, 0) is 57.7 Å². The van der Waals surface area contributed by atoms with Crippen LogP contribution in [-0.4, -0.2) is 34.3 Å². The highest BCUT2D eigenvalue weighted by Crippen LogP contribution is 2.48. The highest BCUT2D eigenvalue weighted by Gasteiger charge is 2.51. The van der Waals surface area contributed by atoms with E-state index in [4.69, 9.17) is 4.74 Å². The Hall–Kier alpha value is -1.07. The molecule has 1 aromatic carbocycles. The van der Waals surface area contributed by atoms with Crippen molar-refractivity contribution in [3.05, 3.63) is 34.3 Å². The van der Waals surface area contributed by atoms with Crippen molar-refractivity contribution in [3.63, 3.8) is 0 Å². The van der Waals surface area contributed by atoms with Gasteiger partial charge >= 0.3 is 6.09 Å². The number of nitrogens with zero attached hydrogens (tertiary/aromatic N) is 1. The van der Waals surface area contributed by atoms with Crippen molar-refractivity contribution < 1.29 is 14.6 Å². The van der Waals surface area contributed by atoms with E-state index in [9.17, 15) is 9.90 Å². The lowest BCUT2D eigenvalue weighted by molar-refractivity contribution is -0.0389. The van der Waals surface area contributed by atoms with Crippen molar-refractivity contribution >= 4 is 22.0 Å². The van der Waals surface area contributed by atoms with Crippen LogP contribution in [-0.2, 0) is 10.3 Å². The van der Waals surface area contributed by atoms with Crippen molar-refractivity contribution in [3.8, 4) is 0 Å². The molecule has 1 saturated heterocycles. The van der Waals surface area contributed by atoms with E-state index in [1.165, 1.54) is 0 Å². The van der Waals surface area contributed by atoms with Gasteiger partial charge in [-0.1, -0.05) is 28.1 Å². The van der Waals surface area contributed by atoms with Gasteiger partial charge in [-0.2, -0.15) is 0 Å². The third-order valence-electron chi connectivity index (χ3n) is 4.90. The van der Waals surface area contributed by atoms with Gasteiger partial charge in [0.15, 0.2) is 0 Å². The van der Waals surface area contributed by atoms with Crippen molar-refractivity contribution in [2.45, 2.75) is 57.3 Å². The first kappa shape index (κ1) is 16.8. The monoisotopic (exact) mass is 381 g/mol. The molecule has 5 heteroatoms. The second kappa shape index (κ2) is 5.78. The lowest BCUT2D eigenvalue weighted by atomic mass is 9.72.